The van der Waals surface area contributed by atoms with Crippen LogP contribution in [0.25, 0.3) is 5.57 Å². The third-order valence-corrected chi connectivity index (χ3v) is 3.78. The summed E-state index contributed by atoms with van der Waals surface area (Å²) in [5, 5.41) is 9.62. The lowest BCUT2D eigenvalue weighted by atomic mass is 9.93. The van der Waals surface area contributed by atoms with Crippen LogP contribution in [-0.4, -0.2) is 54.7 Å². The average molecular weight is 363 g/mol. The number of hydrogen-bond acceptors (Lipinski definition) is 5. The van der Waals surface area contributed by atoms with E-state index in [1.54, 1.807) is 39.0 Å². The Labute approximate surface area is 153 Å². The molecule has 0 fully saturated rings. The maximum absolute atomic E-state index is 12.3. The maximum Gasteiger partial charge on any atom is 0.410 e. The first-order valence-electron chi connectivity index (χ1n) is 8.36. The second-order valence-electron chi connectivity index (χ2n) is 6.99. The summed E-state index contributed by atoms with van der Waals surface area (Å²) in [6.07, 6.45) is -0.0818. The van der Waals surface area contributed by atoms with Crippen molar-refractivity contribution in [3.05, 3.63) is 35.4 Å². The molecular formula is C19H25NO6. The lowest BCUT2D eigenvalue weighted by molar-refractivity contribution is -0.132. The molecule has 0 saturated carbocycles. The van der Waals surface area contributed by atoms with Crippen LogP contribution >= 0.6 is 0 Å². The van der Waals surface area contributed by atoms with Gasteiger partial charge in [0, 0.05) is 13.7 Å². The number of rotatable bonds is 5. The molecule has 7 heteroatoms. The Bertz CT molecular complexity index is 704. The second kappa shape index (κ2) is 8.23. The van der Waals surface area contributed by atoms with Crippen LogP contribution in [0.3, 0.4) is 0 Å². The van der Waals surface area contributed by atoms with Crippen LogP contribution in [-0.2, 0) is 14.3 Å². The van der Waals surface area contributed by atoms with E-state index in [9.17, 15) is 14.7 Å². The van der Waals surface area contributed by atoms with Crippen LogP contribution in [0.2, 0.25) is 0 Å². The Kier molecular flexibility index (Phi) is 6.26. The molecule has 0 aliphatic carbocycles. The molecule has 0 aromatic heterocycles. The van der Waals surface area contributed by atoms with E-state index in [0.717, 1.165) is 5.56 Å². The fourth-order valence-electron chi connectivity index (χ4n) is 2.66. The predicted molar refractivity (Wildman–Crippen MR) is 95.9 cm³/mol. The Morgan fingerprint density at radius 3 is 2.62 bits per heavy atom. The SMILES string of the molecule is COCOc1cccc(C2=C(C(=O)O)CN(C(=O)OC(C)(C)C)CC2)c1. The summed E-state index contributed by atoms with van der Waals surface area (Å²) in [6.45, 7) is 5.84. The van der Waals surface area contributed by atoms with Crippen molar-refractivity contribution in [2.75, 3.05) is 27.0 Å². The summed E-state index contributed by atoms with van der Waals surface area (Å²) in [6, 6.07) is 7.19. The van der Waals surface area contributed by atoms with Gasteiger partial charge in [0.05, 0.1) is 12.1 Å². The number of carbonyl (C=O) groups excluding carboxylic acids is 1. The van der Waals surface area contributed by atoms with Gasteiger partial charge in [-0.05, 0) is 50.5 Å². The van der Waals surface area contributed by atoms with E-state index in [1.807, 2.05) is 6.07 Å². The van der Waals surface area contributed by atoms with E-state index in [1.165, 1.54) is 12.0 Å². The molecule has 1 amide bonds. The number of ether oxygens (including phenoxy) is 3. The minimum absolute atomic E-state index is 0.00271. The van der Waals surface area contributed by atoms with Crippen LogP contribution < -0.4 is 4.74 Å². The Morgan fingerprint density at radius 2 is 2.00 bits per heavy atom. The monoisotopic (exact) mass is 363 g/mol. The number of carboxylic acids is 1. The number of benzene rings is 1. The predicted octanol–water partition coefficient (Wildman–Crippen LogP) is 3.15. The van der Waals surface area contributed by atoms with Gasteiger partial charge in [-0.3, -0.25) is 0 Å². The van der Waals surface area contributed by atoms with Crippen LogP contribution in [0.5, 0.6) is 5.75 Å². The van der Waals surface area contributed by atoms with Gasteiger partial charge in [0.2, 0.25) is 0 Å². The van der Waals surface area contributed by atoms with E-state index in [-0.39, 0.29) is 18.9 Å². The molecule has 1 aliphatic heterocycles. The van der Waals surface area contributed by atoms with Gasteiger partial charge in [0.15, 0.2) is 6.79 Å². The number of aliphatic carboxylic acids is 1. The molecule has 142 valence electrons. The first-order valence-corrected chi connectivity index (χ1v) is 8.36. The molecule has 0 radical (unpaired) electrons. The summed E-state index contributed by atoms with van der Waals surface area (Å²) in [5.74, 6) is -0.451. The van der Waals surface area contributed by atoms with Crippen molar-refractivity contribution in [1.82, 2.24) is 4.90 Å². The molecular weight excluding hydrogens is 338 g/mol. The molecule has 26 heavy (non-hydrogen) atoms. The highest BCUT2D eigenvalue weighted by atomic mass is 16.7. The molecule has 1 aromatic rings. The molecule has 0 unspecified atom stereocenters. The third kappa shape index (κ3) is 5.23. The van der Waals surface area contributed by atoms with Crippen LogP contribution in [0.15, 0.2) is 29.8 Å². The zero-order valence-electron chi connectivity index (χ0n) is 15.6. The minimum Gasteiger partial charge on any atom is -0.478 e. The van der Waals surface area contributed by atoms with Gasteiger partial charge in [-0.15, -0.1) is 0 Å². The Hall–Kier alpha value is -2.54. The van der Waals surface area contributed by atoms with Crippen molar-refractivity contribution in [1.29, 1.82) is 0 Å². The second-order valence-corrected chi connectivity index (χ2v) is 6.99. The van der Waals surface area contributed by atoms with E-state index in [4.69, 9.17) is 14.2 Å². The zero-order chi connectivity index (χ0) is 19.3. The largest absolute Gasteiger partial charge is 0.478 e. The van der Waals surface area contributed by atoms with Crippen LogP contribution in [0.4, 0.5) is 4.79 Å². The normalized spacial score (nSPS) is 15.0. The van der Waals surface area contributed by atoms with Crippen molar-refractivity contribution >= 4 is 17.6 Å². The van der Waals surface area contributed by atoms with Crippen LogP contribution in [0, 0.1) is 0 Å². The quantitative estimate of drug-likeness (QED) is 0.809. The lowest BCUT2D eigenvalue weighted by Gasteiger charge is -2.31. The molecule has 7 nitrogen and oxygen atoms in total. The first kappa shape index (κ1) is 19.8. The molecule has 0 spiro atoms. The van der Waals surface area contributed by atoms with Gasteiger partial charge >= 0.3 is 12.1 Å². The van der Waals surface area contributed by atoms with E-state index in [2.05, 4.69) is 0 Å². The molecule has 1 aliphatic rings. The van der Waals surface area contributed by atoms with Gasteiger partial charge in [0.1, 0.15) is 11.4 Å². The number of amides is 1. The molecule has 0 atom stereocenters. The molecule has 1 aromatic carbocycles. The van der Waals surface area contributed by atoms with Gasteiger partial charge < -0.3 is 24.2 Å². The van der Waals surface area contributed by atoms with E-state index in [0.29, 0.717) is 24.3 Å². The van der Waals surface area contributed by atoms with Crippen molar-refractivity contribution in [2.45, 2.75) is 32.8 Å². The average Bonchev–Trinajstić information content (AvgIpc) is 2.58. The van der Waals surface area contributed by atoms with Gasteiger partial charge in [0.25, 0.3) is 0 Å². The van der Waals surface area contributed by atoms with Gasteiger partial charge in [-0.25, -0.2) is 9.59 Å². The first-order chi connectivity index (χ1) is 12.2. The highest BCUT2D eigenvalue weighted by molar-refractivity contribution is 5.98. The maximum atomic E-state index is 12.3. The smallest absolute Gasteiger partial charge is 0.410 e. The number of nitrogens with zero attached hydrogens (tertiary/aromatic N) is 1. The fraction of sp³-hybridized carbons (Fsp3) is 0.474. The topological polar surface area (TPSA) is 85.3 Å². The third-order valence-electron chi connectivity index (χ3n) is 3.78. The van der Waals surface area contributed by atoms with Gasteiger partial charge in [-0.2, -0.15) is 0 Å². The standard InChI is InChI=1S/C19H25NO6/c1-19(2,3)26-18(23)20-9-8-15(16(11-20)17(21)22)13-6-5-7-14(10-13)25-12-24-4/h5-7,10H,8-9,11-12H2,1-4H3,(H,21,22). The number of carboxylic acid groups (broad SMARTS) is 1. The molecule has 2 rings (SSSR count). The van der Waals surface area contributed by atoms with E-state index >= 15 is 0 Å². The Balaban J connectivity index is 2.26. The van der Waals surface area contributed by atoms with E-state index < -0.39 is 17.7 Å². The number of methoxy groups -OCH3 is 1. The summed E-state index contributed by atoms with van der Waals surface area (Å²) in [7, 11) is 1.53. The zero-order valence-corrected chi connectivity index (χ0v) is 15.6. The molecule has 1 N–H and O–H groups in total. The van der Waals surface area contributed by atoms with Crippen molar-refractivity contribution in [3.63, 3.8) is 0 Å². The van der Waals surface area contributed by atoms with Crippen molar-refractivity contribution in [2.24, 2.45) is 0 Å². The molecule has 0 bridgehead atoms. The van der Waals surface area contributed by atoms with Gasteiger partial charge in [-0.1, -0.05) is 12.1 Å². The van der Waals surface area contributed by atoms with Crippen molar-refractivity contribution in [3.8, 4) is 5.75 Å². The molecule has 0 saturated heterocycles. The highest BCUT2D eigenvalue weighted by Crippen LogP contribution is 2.30. The summed E-state index contributed by atoms with van der Waals surface area (Å²) in [4.78, 5) is 25.4. The number of carbonyl (C=O) groups is 2. The summed E-state index contributed by atoms with van der Waals surface area (Å²) < 4.78 is 15.7. The minimum atomic E-state index is -1.04. The summed E-state index contributed by atoms with van der Waals surface area (Å²) in [5.41, 5.74) is 1.02. The van der Waals surface area contributed by atoms with Crippen molar-refractivity contribution < 1.29 is 28.9 Å². The summed E-state index contributed by atoms with van der Waals surface area (Å²) >= 11 is 0. The lowest BCUT2D eigenvalue weighted by Crippen LogP contribution is -2.41. The highest BCUT2D eigenvalue weighted by Gasteiger charge is 2.30. The fourth-order valence-corrected chi connectivity index (χ4v) is 2.66. The molecule has 1 heterocycles. The Morgan fingerprint density at radius 1 is 1.27 bits per heavy atom. The van der Waals surface area contributed by atoms with Crippen LogP contribution in [0.1, 0.15) is 32.8 Å². The number of hydrogen-bond donors (Lipinski definition) is 1.